The van der Waals surface area contributed by atoms with Crippen LogP contribution in [0, 0.1) is 6.92 Å². The maximum atomic E-state index is 5.44. The van der Waals surface area contributed by atoms with E-state index < -0.39 is 0 Å². The summed E-state index contributed by atoms with van der Waals surface area (Å²) in [6.07, 6.45) is 0. The standard InChI is InChI=1S/C57H45NO2/c1-40-16-18-41(19-17-40)52-10-4-5-11-53(52)42-20-30-47(31-21-42)58(48-32-22-43(23-33-48)54-12-6-8-14-56(54)45-26-36-50(59-2)37-27-45)49-34-24-44(25-35-49)55-13-7-9-15-57(55)46-28-38-51(60-3)39-29-46/h4-39H,1-3H3. The average Bonchev–Trinajstić information content (AvgIpc) is 3.33. The number of aryl methyl sites for hydroxylation is 1. The number of rotatable bonds is 11. The summed E-state index contributed by atoms with van der Waals surface area (Å²) in [6, 6.07) is 78.0. The van der Waals surface area contributed by atoms with E-state index in [1.807, 2.05) is 24.3 Å². The molecule has 0 fully saturated rings. The summed E-state index contributed by atoms with van der Waals surface area (Å²) in [5.41, 5.74) is 18.6. The summed E-state index contributed by atoms with van der Waals surface area (Å²) in [4.78, 5) is 2.34. The van der Waals surface area contributed by atoms with Crippen molar-refractivity contribution in [2.45, 2.75) is 6.92 Å². The Morgan fingerprint density at radius 3 is 0.717 bits per heavy atom. The highest BCUT2D eigenvalue weighted by atomic mass is 16.5. The van der Waals surface area contributed by atoms with Crippen molar-refractivity contribution in [1.82, 2.24) is 0 Å². The van der Waals surface area contributed by atoms with Crippen LogP contribution in [0.1, 0.15) is 5.56 Å². The molecule has 0 N–H and O–H groups in total. The predicted octanol–water partition coefficient (Wildman–Crippen LogP) is 15.5. The first-order valence-electron chi connectivity index (χ1n) is 20.3. The summed E-state index contributed by atoms with van der Waals surface area (Å²) in [5.74, 6) is 1.69. The largest absolute Gasteiger partial charge is 0.497 e. The Morgan fingerprint density at radius 1 is 0.267 bits per heavy atom. The van der Waals surface area contributed by atoms with Crippen molar-refractivity contribution in [2.75, 3.05) is 19.1 Å². The molecule has 9 rings (SSSR count). The first kappa shape index (κ1) is 37.9. The lowest BCUT2D eigenvalue weighted by atomic mass is 9.93. The van der Waals surface area contributed by atoms with Crippen molar-refractivity contribution in [3.8, 4) is 78.3 Å². The topological polar surface area (TPSA) is 21.7 Å². The monoisotopic (exact) mass is 775 g/mol. The van der Waals surface area contributed by atoms with Crippen LogP contribution < -0.4 is 14.4 Å². The van der Waals surface area contributed by atoms with Gasteiger partial charge in [0.05, 0.1) is 14.2 Å². The van der Waals surface area contributed by atoms with Gasteiger partial charge in [0.15, 0.2) is 0 Å². The average molecular weight is 776 g/mol. The summed E-state index contributed by atoms with van der Waals surface area (Å²) in [7, 11) is 3.40. The lowest BCUT2D eigenvalue weighted by molar-refractivity contribution is 0.415. The predicted molar refractivity (Wildman–Crippen MR) is 252 cm³/mol. The molecule has 0 aliphatic carbocycles. The minimum absolute atomic E-state index is 0.846. The van der Waals surface area contributed by atoms with Gasteiger partial charge in [0.2, 0.25) is 0 Å². The van der Waals surface area contributed by atoms with E-state index in [0.29, 0.717) is 0 Å². The van der Waals surface area contributed by atoms with E-state index in [1.54, 1.807) is 14.2 Å². The van der Waals surface area contributed by atoms with Crippen molar-refractivity contribution in [2.24, 2.45) is 0 Å². The highest BCUT2D eigenvalue weighted by Crippen LogP contribution is 2.41. The van der Waals surface area contributed by atoms with Crippen LogP contribution in [-0.4, -0.2) is 14.2 Å². The van der Waals surface area contributed by atoms with Gasteiger partial charge in [-0.1, -0.05) is 163 Å². The van der Waals surface area contributed by atoms with Crippen molar-refractivity contribution < 1.29 is 9.47 Å². The molecule has 9 aromatic carbocycles. The number of hydrogen-bond donors (Lipinski definition) is 0. The zero-order chi connectivity index (χ0) is 40.8. The lowest BCUT2D eigenvalue weighted by Gasteiger charge is -2.26. The van der Waals surface area contributed by atoms with Crippen LogP contribution in [-0.2, 0) is 0 Å². The Balaban J connectivity index is 1.10. The van der Waals surface area contributed by atoms with Crippen LogP contribution >= 0.6 is 0 Å². The molecule has 0 saturated carbocycles. The highest BCUT2D eigenvalue weighted by Gasteiger charge is 2.17. The van der Waals surface area contributed by atoms with Gasteiger partial charge in [-0.15, -0.1) is 0 Å². The molecule has 0 aliphatic heterocycles. The maximum Gasteiger partial charge on any atom is 0.118 e. The zero-order valence-corrected chi connectivity index (χ0v) is 34.0. The third kappa shape index (κ3) is 7.81. The molecule has 60 heavy (non-hydrogen) atoms. The molecule has 0 aliphatic rings. The van der Waals surface area contributed by atoms with Crippen LogP contribution in [0.5, 0.6) is 11.5 Å². The number of methoxy groups -OCH3 is 2. The summed E-state index contributed by atoms with van der Waals surface area (Å²) in [5, 5.41) is 0. The van der Waals surface area contributed by atoms with Gasteiger partial charge in [-0.3, -0.25) is 0 Å². The fourth-order valence-corrected chi connectivity index (χ4v) is 8.05. The molecule has 0 saturated heterocycles. The van der Waals surface area contributed by atoms with Crippen LogP contribution in [0.2, 0.25) is 0 Å². The maximum absolute atomic E-state index is 5.44. The van der Waals surface area contributed by atoms with Gasteiger partial charge in [-0.25, -0.2) is 0 Å². The molecule has 9 aromatic rings. The van der Waals surface area contributed by atoms with Crippen LogP contribution in [0.3, 0.4) is 0 Å². The van der Waals surface area contributed by atoms with Gasteiger partial charge in [0, 0.05) is 17.1 Å². The molecule has 3 heteroatoms. The Bertz CT molecular complexity index is 2710. The lowest BCUT2D eigenvalue weighted by Crippen LogP contribution is -2.09. The van der Waals surface area contributed by atoms with Gasteiger partial charge in [-0.05, 0) is 134 Å². The molecule has 0 atom stereocenters. The normalized spacial score (nSPS) is 10.9. The third-order valence-electron chi connectivity index (χ3n) is 11.3. The second-order valence-corrected chi connectivity index (χ2v) is 14.9. The molecule has 290 valence electrons. The second kappa shape index (κ2) is 17.1. The van der Waals surface area contributed by atoms with Gasteiger partial charge in [0.25, 0.3) is 0 Å². The Hall–Kier alpha value is -7.62. The van der Waals surface area contributed by atoms with Crippen molar-refractivity contribution in [3.05, 3.63) is 224 Å². The van der Waals surface area contributed by atoms with Gasteiger partial charge in [-0.2, -0.15) is 0 Å². The van der Waals surface area contributed by atoms with E-state index in [0.717, 1.165) is 50.8 Å². The van der Waals surface area contributed by atoms with E-state index >= 15 is 0 Å². The SMILES string of the molecule is COc1ccc(-c2ccccc2-c2ccc(N(c3ccc(-c4ccccc4-c4ccc(C)cc4)cc3)c3ccc(-c4ccccc4-c4ccc(OC)cc4)cc3)cc2)cc1. The Kier molecular flexibility index (Phi) is 10.8. The number of nitrogens with zero attached hydrogens (tertiary/aromatic N) is 1. The van der Waals surface area contributed by atoms with Crippen molar-refractivity contribution in [1.29, 1.82) is 0 Å². The Labute approximate surface area is 353 Å². The van der Waals surface area contributed by atoms with Crippen molar-refractivity contribution in [3.63, 3.8) is 0 Å². The van der Waals surface area contributed by atoms with E-state index in [2.05, 4.69) is 206 Å². The molecule has 0 unspecified atom stereocenters. The van der Waals surface area contributed by atoms with Crippen LogP contribution in [0.25, 0.3) is 66.8 Å². The first-order valence-corrected chi connectivity index (χ1v) is 20.3. The molecule has 3 nitrogen and oxygen atoms in total. The summed E-state index contributed by atoms with van der Waals surface area (Å²) >= 11 is 0. The van der Waals surface area contributed by atoms with Gasteiger partial charge in [0.1, 0.15) is 11.5 Å². The molecular weight excluding hydrogens is 731 g/mol. The smallest absolute Gasteiger partial charge is 0.118 e. The minimum atomic E-state index is 0.846. The number of benzene rings is 9. The molecule has 0 heterocycles. The van der Waals surface area contributed by atoms with Gasteiger partial charge < -0.3 is 14.4 Å². The van der Waals surface area contributed by atoms with E-state index in [1.165, 1.54) is 50.1 Å². The molecule has 0 spiro atoms. The molecule has 0 aromatic heterocycles. The Morgan fingerprint density at radius 2 is 0.483 bits per heavy atom. The summed E-state index contributed by atoms with van der Waals surface area (Å²) in [6.45, 7) is 2.13. The summed E-state index contributed by atoms with van der Waals surface area (Å²) < 4.78 is 10.9. The van der Waals surface area contributed by atoms with Crippen LogP contribution in [0.4, 0.5) is 17.1 Å². The quantitative estimate of drug-likeness (QED) is 0.131. The molecule has 0 bridgehead atoms. The third-order valence-corrected chi connectivity index (χ3v) is 11.3. The van der Waals surface area contributed by atoms with Gasteiger partial charge >= 0.3 is 0 Å². The van der Waals surface area contributed by atoms with Crippen molar-refractivity contribution >= 4 is 17.1 Å². The van der Waals surface area contributed by atoms with E-state index in [4.69, 9.17) is 9.47 Å². The number of ether oxygens (including phenoxy) is 2. The minimum Gasteiger partial charge on any atom is -0.497 e. The number of hydrogen-bond acceptors (Lipinski definition) is 3. The number of anilines is 3. The van der Waals surface area contributed by atoms with E-state index in [9.17, 15) is 0 Å². The highest BCUT2D eigenvalue weighted by molar-refractivity contribution is 5.89. The van der Waals surface area contributed by atoms with E-state index in [-0.39, 0.29) is 0 Å². The second-order valence-electron chi connectivity index (χ2n) is 14.9. The molecule has 0 radical (unpaired) electrons. The molecular formula is C57H45NO2. The zero-order valence-electron chi connectivity index (χ0n) is 34.0. The fraction of sp³-hybridized carbons (Fsp3) is 0.0526. The molecule has 0 amide bonds. The first-order chi connectivity index (χ1) is 29.6. The van der Waals surface area contributed by atoms with Crippen LogP contribution in [0.15, 0.2) is 218 Å². The fourth-order valence-electron chi connectivity index (χ4n) is 8.05.